The molecule has 0 aliphatic heterocycles. The number of hydrogen-bond acceptors (Lipinski definition) is 9. The summed E-state index contributed by atoms with van der Waals surface area (Å²) in [5.74, 6) is 0.197. The number of ether oxygens (including phenoxy) is 1. The van der Waals surface area contributed by atoms with Gasteiger partial charge in [0.2, 0.25) is 5.95 Å². The Bertz CT molecular complexity index is 1190. The molecule has 0 saturated carbocycles. The number of unbranched alkanes of at least 4 members (excludes halogenated alkanes) is 1. The summed E-state index contributed by atoms with van der Waals surface area (Å²) >= 11 is 1.57. The topological polar surface area (TPSA) is 143 Å². The summed E-state index contributed by atoms with van der Waals surface area (Å²) in [4.78, 5) is 32.5. The van der Waals surface area contributed by atoms with E-state index in [0.717, 1.165) is 10.4 Å². The normalized spacial score (nSPS) is 11.7. The summed E-state index contributed by atoms with van der Waals surface area (Å²) in [6.07, 6.45) is 2.27. The largest absolute Gasteiger partial charge is 0.481 e. The third-order valence-corrected chi connectivity index (χ3v) is 6.46. The molecule has 0 aliphatic rings. The van der Waals surface area contributed by atoms with Gasteiger partial charge in [0.05, 0.1) is 22.8 Å². The Kier molecular flexibility index (Phi) is 9.35. The zero-order valence-corrected chi connectivity index (χ0v) is 20.1. The van der Waals surface area contributed by atoms with Gasteiger partial charge in [-0.05, 0) is 55.5 Å². The van der Waals surface area contributed by atoms with Crippen LogP contribution < -0.4 is 10.6 Å². The molecule has 1 aromatic carbocycles. The number of rotatable bonds is 11. The van der Waals surface area contributed by atoms with Crippen LogP contribution in [0.2, 0.25) is 0 Å². The molecular weight excluding hydrogens is 478 g/mol. The fourth-order valence-electron chi connectivity index (χ4n) is 2.88. The fourth-order valence-corrected chi connectivity index (χ4v) is 4.35. The Morgan fingerprint density at radius 3 is 2.68 bits per heavy atom. The van der Waals surface area contributed by atoms with Gasteiger partial charge < -0.3 is 20.5 Å². The van der Waals surface area contributed by atoms with Crippen LogP contribution in [0.4, 0.5) is 22.2 Å². The van der Waals surface area contributed by atoms with E-state index in [1.165, 1.54) is 0 Å². The molecule has 0 radical (unpaired) electrons. The third kappa shape index (κ3) is 7.52. The van der Waals surface area contributed by atoms with E-state index >= 15 is 0 Å². The highest BCUT2D eigenvalue weighted by molar-refractivity contribution is 7.75. The van der Waals surface area contributed by atoms with E-state index in [1.807, 2.05) is 17.5 Å². The van der Waals surface area contributed by atoms with Crippen LogP contribution in [0.15, 0.2) is 57.2 Å². The van der Waals surface area contributed by atoms with Crippen LogP contribution in [0.5, 0.6) is 0 Å². The van der Waals surface area contributed by atoms with Crippen molar-refractivity contribution in [1.29, 1.82) is 0 Å². The Hall–Kier alpha value is -3.51. The minimum atomic E-state index is -2.25. The minimum Gasteiger partial charge on any atom is -0.481 e. The van der Waals surface area contributed by atoms with Crippen molar-refractivity contribution in [2.45, 2.75) is 31.1 Å². The number of hydrogen-bond donors (Lipinski definition) is 4. The van der Waals surface area contributed by atoms with Gasteiger partial charge in [0.15, 0.2) is 0 Å². The third-order valence-electron chi connectivity index (χ3n) is 4.47. The van der Waals surface area contributed by atoms with Gasteiger partial charge in [0.1, 0.15) is 5.82 Å². The molecule has 2 heterocycles. The van der Waals surface area contributed by atoms with E-state index in [4.69, 9.17) is 5.11 Å². The van der Waals surface area contributed by atoms with E-state index in [1.54, 1.807) is 48.7 Å². The molecule has 2 aromatic heterocycles. The number of amides is 1. The van der Waals surface area contributed by atoms with Crippen molar-refractivity contribution >= 4 is 51.4 Å². The lowest BCUT2D eigenvalue weighted by atomic mass is 10.2. The first-order chi connectivity index (χ1) is 16.5. The van der Waals surface area contributed by atoms with Gasteiger partial charge in [-0.15, -0.1) is 15.7 Å². The van der Waals surface area contributed by atoms with Gasteiger partial charge in [-0.3, -0.25) is 4.79 Å². The SMILES string of the molecule is CCOC(=O)N=[SH](=O)c1ccc(Nc2ncc(-c3cccs3)c(NCCCCC(=O)O)n2)cc1. The first-order valence-corrected chi connectivity index (χ1v) is 12.6. The number of aromatic nitrogens is 2. The van der Waals surface area contributed by atoms with E-state index in [9.17, 15) is 13.8 Å². The van der Waals surface area contributed by atoms with E-state index in [0.29, 0.717) is 41.7 Å². The van der Waals surface area contributed by atoms with Crippen LogP contribution >= 0.6 is 11.3 Å². The molecule has 3 rings (SSSR count). The Morgan fingerprint density at radius 1 is 1.21 bits per heavy atom. The van der Waals surface area contributed by atoms with Crippen molar-refractivity contribution in [3.63, 3.8) is 0 Å². The molecule has 0 aliphatic carbocycles. The minimum absolute atomic E-state index is 0.130. The number of thiophene rings is 1. The molecule has 0 bridgehead atoms. The fraction of sp³-hybridized carbons (Fsp3) is 0.273. The number of carboxylic acids is 1. The maximum absolute atomic E-state index is 12.2. The smallest absolute Gasteiger partial charge is 0.441 e. The van der Waals surface area contributed by atoms with Crippen molar-refractivity contribution in [1.82, 2.24) is 9.97 Å². The number of carbonyl (C=O) groups excluding carboxylic acids is 1. The number of thiol groups is 1. The number of benzene rings is 1. The summed E-state index contributed by atoms with van der Waals surface area (Å²) in [5.41, 5.74) is 1.52. The molecular formula is C22H25N5O5S2. The first-order valence-electron chi connectivity index (χ1n) is 10.6. The molecule has 12 heteroatoms. The lowest BCUT2D eigenvalue weighted by Crippen LogP contribution is -2.08. The number of aliphatic carboxylic acids is 1. The van der Waals surface area contributed by atoms with E-state index in [-0.39, 0.29) is 13.0 Å². The second-order valence-electron chi connectivity index (χ2n) is 6.95. The summed E-state index contributed by atoms with van der Waals surface area (Å²) in [5, 5.41) is 17.2. The maximum atomic E-state index is 12.2. The van der Waals surface area contributed by atoms with Crippen molar-refractivity contribution < 1.29 is 23.6 Å². The van der Waals surface area contributed by atoms with Gasteiger partial charge >= 0.3 is 12.1 Å². The number of anilines is 3. The lowest BCUT2D eigenvalue weighted by molar-refractivity contribution is -0.137. The average Bonchev–Trinajstić information content (AvgIpc) is 3.34. The van der Waals surface area contributed by atoms with Crippen molar-refractivity contribution in [2.24, 2.45) is 4.36 Å². The zero-order chi connectivity index (χ0) is 24.3. The predicted molar refractivity (Wildman–Crippen MR) is 132 cm³/mol. The highest BCUT2D eigenvalue weighted by Gasteiger charge is 2.11. The zero-order valence-electron chi connectivity index (χ0n) is 18.4. The standard InChI is InChI=1S/C22H25N5O5S2/c1-2-32-22(30)27-34(31)16-10-8-15(9-11-16)25-21-24-14-17(18-6-5-13-33-18)20(26-21)23-12-4-3-7-19(28)29/h5-6,8-11,13-14,34H,2-4,7,12H2,1H3,(H,28,29)(H2,23,24,25,26). The second kappa shape index (κ2) is 12.7. The Morgan fingerprint density at radius 2 is 2.00 bits per heavy atom. The molecule has 0 saturated heterocycles. The second-order valence-corrected chi connectivity index (χ2v) is 9.16. The monoisotopic (exact) mass is 503 g/mol. The van der Waals surface area contributed by atoms with Gasteiger partial charge in [-0.2, -0.15) is 4.98 Å². The van der Waals surface area contributed by atoms with Crippen LogP contribution in [0, 0.1) is 0 Å². The van der Waals surface area contributed by atoms with Gasteiger partial charge in [-0.25, -0.2) is 14.0 Å². The lowest BCUT2D eigenvalue weighted by Gasteiger charge is -2.12. The first kappa shape index (κ1) is 25.1. The Balaban J connectivity index is 1.72. The molecule has 0 spiro atoms. The van der Waals surface area contributed by atoms with Gasteiger partial charge in [0, 0.05) is 34.6 Å². The summed E-state index contributed by atoms with van der Waals surface area (Å²) in [7, 11) is -2.25. The van der Waals surface area contributed by atoms with Crippen LogP contribution in [-0.2, 0) is 20.1 Å². The van der Waals surface area contributed by atoms with Gasteiger partial charge in [0.25, 0.3) is 0 Å². The van der Waals surface area contributed by atoms with Crippen LogP contribution in [0.3, 0.4) is 0 Å². The number of carbonyl (C=O) groups is 2. The molecule has 1 atom stereocenters. The molecule has 10 nitrogen and oxygen atoms in total. The van der Waals surface area contributed by atoms with E-state index < -0.39 is 22.7 Å². The summed E-state index contributed by atoms with van der Waals surface area (Å²) in [6, 6.07) is 10.5. The van der Waals surface area contributed by atoms with Crippen LogP contribution in [0.25, 0.3) is 10.4 Å². The number of nitrogens with one attached hydrogen (secondary N) is 2. The van der Waals surface area contributed by atoms with Crippen LogP contribution in [-0.4, -0.2) is 44.5 Å². The Labute approximate surface area is 202 Å². The predicted octanol–water partition coefficient (Wildman–Crippen LogP) is 4.80. The van der Waals surface area contributed by atoms with Crippen molar-refractivity contribution in [3.8, 4) is 10.4 Å². The number of carboxylic acid groups (broad SMARTS) is 1. The molecule has 180 valence electrons. The van der Waals surface area contributed by atoms with Crippen molar-refractivity contribution in [3.05, 3.63) is 48.0 Å². The van der Waals surface area contributed by atoms with Crippen molar-refractivity contribution in [2.75, 3.05) is 23.8 Å². The highest BCUT2D eigenvalue weighted by Crippen LogP contribution is 2.31. The molecule has 34 heavy (non-hydrogen) atoms. The highest BCUT2D eigenvalue weighted by atomic mass is 32.2. The molecule has 0 fully saturated rings. The molecule has 3 aromatic rings. The quantitative estimate of drug-likeness (QED) is 0.214. The molecule has 3 N–H and O–H groups in total. The van der Waals surface area contributed by atoms with Gasteiger partial charge in [-0.1, -0.05) is 6.07 Å². The summed E-state index contributed by atoms with van der Waals surface area (Å²) < 4.78 is 20.4. The summed E-state index contributed by atoms with van der Waals surface area (Å²) in [6.45, 7) is 2.39. The van der Waals surface area contributed by atoms with E-state index in [2.05, 4.69) is 29.7 Å². The number of nitrogens with zero attached hydrogens (tertiary/aromatic N) is 3. The van der Waals surface area contributed by atoms with Crippen LogP contribution in [0.1, 0.15) is 26.2 Å². The maximum Gasteiger partial charge on any atom is 0.441 e. The average molecular weight is 504 g/mol. The molecule has 1 unspecified atom stereocenters. The molecule has 1 amide bonds.